The van der Waals surface area contributed by atoms with Crippen molar-refractivity contribution >= 4 is 29.5 Å². The Hall–Kier alpha value is -2.12. The molecule has 0 amide bonds. The molecule has 1 aromatic carbocycles. The van der Waals surface area contributed by atoms with Gasteiger partial charge in [0.2, 0.25) is 0 Å². The highest BCUT2D eigenvalue weighted by Crippen LogP contribution is 2.68. The van der Waals surface area contributed by atoms with Crippen LogP contribution in [0, 0.1) is 34.0 Å². The van der Waals surface area contributed by atoms with E-state index in [1.165, 1.54) is 23.9 Å². The Balaban J connectivity index is 1.63. The molecular formula is C29H38O6S. The summed E-state index contributed by atoms with van der Waals surface area (Å²) in [5.74, 6) is -1.20. The number of hydrogen-bond donors (Lipinski definition) is 2. The minimum Gasteiger partial charge on any atom is -0.478 e. The first kappa shape index (κ1) is 26.9. The molecule has 3 aliphatic carbocycles. The molecule has 0 aliphatic heterocycles. The van der Waals surface area contributed by atoms with Crippen molar-refractivity contribution in [2.75, 3.05) is 5.75 Å². The highest BCUT2D eigenvalue weighted by atomic mass is 32.2. The molecule has 0 unspecified atom stereocenters. The van der Waals surface area contributed by atoms with Gasteiger partial charge in [0.25, 0.3) is 0 Å². The van der Waals surface area contributed by atoms with E-state index in [9.17, 15) is 19.5 Å². The lowest BCUT2D eigenvalue weighted by molar-refractivity contribution is -0.205. The number of benzene rings is 1. The summed E-state index contributed by atoms with van der Waals surface area (Å²) in [5, 5.41) is 20.7. The molecule has 0 aromatic heterocycles. The highest BCUT2D eigenvalue weighted by molar-refractivity contribution is 8.00. The van der Waals surface area contributed by atoms with Gasteiger partial charge in [-0.05, 0) is 67.2 Å². The van der Waals surface area contributed by atoms with Crippen LogP contribution in [-0.2, 0) is 14.3 Å². The Morgan fingerprint density at radius 3 is 2.47 bits per heavy atom. The van der Waals surface area contributed by atoms with Crippen LogP contribution in [-0.4, -0.2) is 45.9 Å². The SMILES string of the molecule is C=C[C@]1(C)C[C@@H](OC(=O)CSc2ccc(C(=O)O)cc2)[C@]2(C)[C@H](C)CC[C@]3(CCC(=O)[C@H]32)[C@@H](C)[C@@H]1O. The van der Waals surface area contributed by atoms with E-state index >= 15 is 0 Å². The summed E-state index contributed by atoms with van der Waals surface area (Å²) in [6, 6.07) is 6.39. The molecule has 8 atom stereocenters. The number of hydrogen-bond acceptors (Lipinski definition) is 6. The van der Waals surface area contributed by atoms with Crippen LogP contribution < -0.4 is 0 Å². The van der Waals surface area contributed by atoms with Crippen LogP contribution in [0.4, 0.5) is 0 Å². The number of thioether (sulfide) groups is 1. The quantitative estimate of drug-likeness (QED) is 0.298. The number of carboxylic acids is 1. The van der Waals surface area contributed by atoms with Crippen LogP contribution in [0.25, 0.3) is 0 Å². The van der Waals surface area contributed by atoms with E-state index < -0.39 is 29.0 Å². The van der Waals surface area contributed by atoms with Crippen molar-refractivity contribution in [2.45, 2.75) is 76.9 Å². The third-order valence-electron chi connectivity index (χ3n) is 10.0. The molecule has 2 N–H and O–H groups in total. The average Bonchev–Trinajstić information content (AvgIpc) is 3.21. The second-order valence-electron chi connectivity index (χ2n) is 11.7. The summed E-state index contributed by atoms with van der Waals surface area (Å²) in [5.41, 5.74) is -1.30. The number of ether oxygens (including phenoxy) is 1. The number of rotatable bonds is 6. The van der Waals surface area contributed by atoms with Crippen LogP contribution in [0.1, 0.15) is 70.2 Å². The van der Waals surface area contributed by atoms with Crippen LogP contribution in [0.2, 0.25) is 0 Å². The fourth-order valence-electron chi connectivity index (χ4n) is 7.53. The molecule has 0 heterocycles. The van der Waals surface area contributed by atoms with Crippen molar-refractivity contribution < 1.29 is 29.3 Å². The van der Waals surface area contributed by atoms with E-state index in [4.69, 9.17) is 9.84 Å². The lowest BCUT2D eigenvalue weighted by atomic mass is 9.44. The van der Waals surface area contributed by atoms with Crippen LogP contribution >= 0.6 is 11.8 Å². The fourth-order valence-corrected chi connectivity index (χ4v) is 8.21. The van der Waals surface area contributed by atoms with Crippen molar-refractivity contribution in [2.24, 2.45) is 34.0 Å². The van der Waals surface area contributed by atoms with Crippen LogP contribution in [0.15, 0.2) is 41.8 Å². The van der Waals surface area contributed by atoms with Gasteiger partial charge in [-0.3, -0.25) is 9.59 Å². The molecule has 4 rings (SSSR count). The van der Waals surface area contributed by atoms with Gasteiger partial charge in [0.15, 0.2) is 0 Å². The first-order valence-electron chi connectivity index (χ1n) is 12.9. The maximum absolute atomic E-state index is 13.4. The Bertz CT molecular complexity index is 1050. The van der Waals surface area contributed by atoms with Crippen molar-refractivity contribution in [3.8, 4) is 0 Å². The summed E-state index contributed by atoms with van der Waals surface area (Å²) < 4.78 is 6.24. The van der Waals surface area contributed by atoms with Gasteiger partial charge in [-0.15, -0.1) is 18.3 Å². The van der Waals surface area contributed by atoms with Crippen molar-refractivity contribution in [3.05, 3.63) is 42.5 Å². The summed E-state index contributed by atoms with van der Waals surface area (Å²) in [7, 11) is 0. The summed E-state index contributed by atoms with van der Waals surface area (Å²) in [4.78, 5) is 38.5. The number of carboxylic acid groups (broad SMARTS) is 1. The third-order valence-corrected chi connectivity index (χ3v) is 11.0. The van der Waals surface area contributed by atoms with Gasteiger partial charge >= 0.3 is 11.9 Å². The first-order valence-corrected chi connectivity index (χ1v) is 13.9. The van der Waals surface area contributed by atoms with E-state index in [1.54, 1.807) is 18.2 Å². The Kier molecular flexibility index (Phi) is 7.21. The zero-order chi connectivity index (χ0) is 26.5. The second-order valence-corrected chi connectivity index (χ2v) is 12.7. The molecule has 0 radical (unpaired) electrons. The molecule has 3 aliphatic rings. The molecule has 3 fully saturated rings. The summed E-state index contributed by atoms with van der Waals surface area (Å²) in [6.07, 6.45) is 4.09. The van der Waals surface area contributed by atoms with Gasteiger partial charge in [0, 0.05) is 28.1 Å². The average molecular weight is 515 g/mol. The lowest BCUT2D eigenvalue weighted by Gasteiger charge is -2.61. The van der Waals surface area contributed by atoms with E-state index in [2.05, 4.69) is 27.4 Å². The smallest absolute Gasteiger partial charge is 0.335 e. The lowest BCUT2D eigenvalue weighted by Crippen LogP contribution is -2.63. The number of ketones is 1. The molecule has 196 valence electrons. The van der Waals surface area contributed by atoms with Gasteiger partial charge in [-0.1, -0.05) is 33.8 Å². The molecule has 3 saturated carbocycles. The predicted octanol–water partition coefficient (Wildman–Crippen LogP) is 5.38. The standard InChI is InChI=1S/C29H38O6S/c1-6-27(4)15-22(35-23(31)16-36-20-9-7-19(8-10-20)26(33)34)28(5)17(2)11-13-29(18(3)25(27)32)14-12-21(30)24(28)29/h6-10,17-18,22,24-25,32H,1,11-16H2,2-5H3,(H,33,34)/t17-,18+,22-,24+,25+,27-,28+,29+/m1/s1. The first-order chi connectivity index (χ1) is 16.9. The number of aliphatic hydroxyl groups is 1. The van der Waals surface area contributed by atoms with Crippen molar-refractivity contribution in [3.63, 3.8) is 0 Å². The Labute approximate surface area is 217 Å². The third kappa shape index (κ3) is 4.22. The van der Waals surface area contributed by atoms with Crippen molar-refractivity contribution in [1.29, 1.82) is 0 Å². The topological polar surface area (TPSA) is 101 Å². The predicted molar refractivity (Wildman–Crippen MR) is 139 cm³/mol. The number of Topliss-reactive ketones (excluding diaryl/α,β-unsaturated/α-hetero) is 1. The van der Waals surface area contributed by atoms with Gasteiger partial charge in [-0.2, -0.15) is 0 Å². The molecular weight excluding hydrogens is 476 g/mol. The highest BCUT2D eigenvalue weighted by Gasteiger charge is 2.68. The minimum atomic E-state index is -0.996. The van der Waals surface area contributed by atoms with Crippen LogP contribution in [0.3, 0.4) is 0 Å². The Morgan fingerprint density at radius 1 is 1.19 bits per heavy atom. The maximum atomic E-state index is 13.4. The molecule has 6 nitrogen and oxygen atoms in total. The molecule has 7 heteroatoms. The van der Waals surface area contributed by atoms with Crippen molar-refractivity contribution in [1.82, 2.24) is 0 Å². The molecule has 0 saturated heterocycles. The molecule has 2 bridgehead atoms. The van der Waals surface area contributed by atoms with Gasteiger partial charge in [0.05, 0.1) is 17.4 Å². The number of carbonyl (C=O) groups is 3. The molecule has 1 aromatic rings. The normalized spacial score (nSPS) is 40.0. The summed E-state index contributed by atoms with van der Waals surface area (Å²) >= 11 is 1.29. The number of aromatic carboxylic acids is 1. The van der Waals surface area contributed by atoms with Gasteiger partial charge in [0.1, 0.15) is 11.9 Å². The van der Waals surface area contributed by atoms with Crippen LogP contribution in [0.5, 0.6) is 0 Å². The zero-order valence-electron chi connectivity index (χ0n) is 21.7. The number of esters is 1. The van der Waals surface area contributed by atoms with Gasteiger partial charge in [-0.25, -0.2) is 4.79 Å². The minimum absolute atomic E-state index is 0.0650. The maximum Gasteiger partial charge on any atom is 0.335 e. The molecule has 36 heavy (non-hydrogen) atoms. The van der Waals surface area contributed by atoms with Gasteiger partial charge < -0.3 is 14.9 Å². The van der Waals surface area contributed by atoms with E-state index in [-0.39, 0.29) is 46.2 Å². The largest absolute Gasteiger partial charge is 0.478 e. The van der Waals surface area contributed by atoms with E-state index in [0.29, 0.717) is 12.8 Å². The summed E-state index contributed by atoms with van der Waals surface area (Å²) in [6.45, 7) is 12.4. The van der Waals surface area contributed by atoms with E-state index in [0.717, 1.165) is 24.2 Å². The number of carbonyl (C=O) groups excluding carboxylic acids is 2. The zero-order valence-corrected chi connectivity index (χ0v) is 22.5. The fraction of sp³-hybridized carbons (Fsp3) is 0.621. The number of aliphatic hydroxyl groups excluding tert-OH is 1. The second kappa shape index (κ2) is 9.64. The monoisotopic (exact) mass is 514 g/mol. The van der Waals surface area contributed by atoms with E-state index in [1.807, 2.05) is 6.92 Å². The molecule has 0 spiro atoms. The Morgan fingerprint density at radius 2 is 1.86 bits per heavy atom.